The Morgan fingerprint density at radius 1 is 1.04 bits per heavy atom. The van der Waals surface area contributed by atoms with Gasteiger partial charge in [-0.1, -0.05) is 0 Å². The van der Waals surface area contributed by atoms with E-state index in [4.69, 9.17) is 20.8 Å². The number of rotatable bonds is 4. The predicted octanol–water partition coefficient (Wildman–Crippen LogP) is 3.50. The Balaban J connectivity index is 2.31. The number of benzene rings is 2. The highest BCUT2D eigenvalue weighted by Gasteiger charge is 2.27. The van der Waals surface area contributed by atoms with Gasteiger partial charge in [0.25, 0.3) is 5.97 Å². The first kappa shape index (κ1) is 17.2. The van der Waals surface area contributed by atoms with Crippen LogP contribution in [0.2, 0.25) is 5.82 Å². The average molecular weight is 339 g/mol. The maximum absolute atomic E-state index is 14.1. The van der Waals surface area contributed by atoms with Crippen LogP contribution in [0.5, 0.6) is 0 Å². The summed E-state index contributed by atoms with van der Waals surface area (Å²) in [4.78, 5) is 14.0. The first-order valence-corrected chi connectivity index (χ1v) is 7.30. The molecule has 0 amide bonds. The Hall–Kier alpha value is -2.63. The first-order valence-electron chi connectivity index (χ1n) is 7.30. The Kier molecular flexibility index (Phi) is 4.37. The normalized spacial score (nSPS) is 13.7. The van der Waals surface area contributed by atoms with Gasteiger partial charge in [-0.3, -0.25) is 4.79 Å². The summed E-state index contributed by atoms with van der Waals surface area (Å²) < 4.78 is 41.0. The van der Waals surface area contributed by atoms with Crippen LogP contribution in [0.15, 0.2) is 36.4 Å². The molecule has 25 heavy (non-hydrogen) atoms. The summed E-state index contributed by atoms with van der Waals surface area (Å²) in [6.07, 6.45) is 0. The SMILES string of the molecule is [B]C(C(=O)O)C([B])c1c(-c2ccc(F)cc2)[nH]c2c(F)cc(F)cc12. The van der Waals surface area contributed by atoms with Crippen molar-refractivity contribution in [3.05, 3.63) is 59.4 Å². The number of H-pyrrole nitrogens is 1. The molecule has 4 radical (unpaired) electrons. The summed E-state index contributed by atoms with van der Waals surface area (Å²) in [5, 5.41) is 9.20. The summed E-state index contributed by atoms with van der Waals surface area (Å²) in [5.41, 5.74) is 0.794. The number of aromatic nitrogens is 1. The number of hydrogen-bond donors (Lipinski definition) is 2. The molecule has 8 heteroatoms. The molecule has 0 spiro atoms. The molecule has 0 aliphatic heterocycles. The van der Waals surface area contributed by atoms with Gasteiger partial charge < -0.3 is 10.1 Å². The molecule has 3 nitrogen and oxygen atoms in total. The van der Waals surface area contributed by atoms with E-state index in [0.29, 0.717) is 11.6 Å². The minimum absolute atomic E-state index is 0.0382. The molecule has 3 aromatic rings. The highest BCUT2D eigenvalue weighted by Crippen LogP contribution is 2.39. The quantitative estimate of drug-likeness (QED) is 0.715. The van der Waals surface area contributed by atoms with Crippen molar-refractivity contribution in [2.24, 2.45) is 0 Å². The molecule has 1 aromatic heterocycles. The molecule has 0 aliphatic rings. The van der Waals surface area contributed by atoms with Crippen LogP contribution in [0, 0.1) is 17.5 Å². The molecule has 2 unspecified atom stereocenters. The van der Waals surface area contributed by atoms with E-state index < -0.39 is 35.1 Å². The number of hydrogen-bond acceptors (Lipinski definition) is 1. The predicted molar refractivity (Wildman–Crippen MR) is 89.2 cm³/mol. The smallest absolute Gasteiger partial charge is 0.297 e. The third-order valence-electron chi connectivity index (χ3n) is 4.00. The highest BCUT2D eigenvalue weighted by atomic mass is 19.1. The molecule has 2 atom stereocenters. The molecule has 2 N–H and O–H groups in total. The van der Waals surface area contributed by atoms with Gasteiger partial charge in [-0.2, -0.15) is 0 Å². The van der Waals surface area contributed by atoms with Gasteiger partial charge >= 0.3 is 0 Å². The minimum atomic E-state index is -1.50. The standard InChI is InChI=1S/C17H10B2F3NO2/c18-13(14(19)17(24)25)12-10-5-9(21)6-11(22)16(10)23-15(12)7-1-3-8(20)4-2-7/h1-6,13-14,23H,(H,24,25). The summed E-state index contributed by atoms with van der Waals surface area (Å²) in [6.45, 7) is 0. The molecular weight excluding hydrogens is 329 g/mol. The van der Waals surface area contributed by atoms with Crippen molar-refractivity contribution >= 4 is 32.6 Å². The molecular formula is C17H10B2F3NO2. The van der Waals surface area contributed by atoms with Crippen LogP contribution >= 0.6 is 0 Å². The van der Waals surface area contributed by atoms with E-state index in [-0.39, 0.29) is 22.2 Å². The lowest BCUT2D eigenvalue weighted by molar-refractivity contribution is -0.136. The van der Waals surface area contributed by atoms with Crippen molar-refractivity contribution in [1.82, 2.24) is 4.98 Å². The minimum Gasteiger partial charge on any atom is -0.482 e. The topological polar surface area (TPSA) is 53.1 Å². The maximum Gasteiger partial charge on any atom is 0.297 e. The molecule has 1 heterocycles. The van der Waals surface area contributed by atoms with E-state index in [2.05, 4.69) is 4.98 Å². The van der Waals surface area contributed by atoms with Crippen LogP contribution in [-0.2, 0) is 4.79 Å². The van der Waals surface area contributed by atoms with Gasteiger partial charge in [-0.05, 0) is 47.3 Å². The second-order valence-corrected chi connectivity index (χ2v) is 5.62. The van der Waals surface area contributed by atoms with Gasteiger partial charge in [0, 0.05) is 23.0 Å². The van der Waals surface area contributed by atoms with Gasteiger partial charge in [0.2, 0.25) is 0 Å². The van der Waals surface area contributed by atoms with Crippen LogP contribution in [0.1, 0.15) is 11.4 Å². The van der Waals surface area contributed by atoms with Crippen molar-refractivity contribution < 1.29 is 23.1 Å². The van der Waals surface area contributed by atoms with E-state index >= 15 is 0 Å². The van der Waals surface area contributed by atoms with Gasteiger partial charge in [0.1, 0.15) is 17.5 Å². The maximum atomic E-state index is 14.1. The summed E-state index contributed by atoms with van der Waals surface area (Å²) >= 11 is 0. The molecule has 2 aromatic carbocycles. The summed E-state index contributed by atoms with van der Waals surface area (Å²) in [6, 6.07) is 6.94. The number of halogens is 3. The number of nitrogens with one attached hydrogen (secondary N) is 1. The van der Waals surface area contributed by atoms with Crippen molar-refractivity contribution in [2.45, 2.75) is 11.6 Å². The van der Waals surface area contributed by atoms with E-state index in [1.165, 1.54) is 24.3 Å². The Bertz CT molecular complexity index is 957. The lowest BCUT2D eigenvalue weighted by Gasteiger charge is -2.19. The highest BCUT2D eigenvalue weighted by molar-refractivity contribution is 6.30. The van der Waals surface area contributed by atoms with Gasteiger partial charge in [0.05, 0.1) is 21.2 Å². The second kappa shape index (κ2) is 6.35. The fraction of sp³-hybridized carbons (Fsp3) is 0.118. The van der Waals surface area contributed by atoms with Crippen molar-refractivity contribution in [2.75, 3.05) is 0 Å². The summed E-state index contributed by atoms with van der Waals surface area (Å²) in [5.74, 6) is -6.28. The van der Waals surface area contributed by atoms with E-state index in [1.807, 2.05) is 0 Å². The van der Waals surface area contributed by atoms with Crippen molar-refractivity contribution in [3.8, 4) is 11.3 Å². The van der Waals surface area contributed by atoms with Gasteiger partial charge in [0.15, 0.2) is 0 Å². The lowest BCUT2D eigenvalue weighted by Crippen LogP contribution is -2.17. The second-order valence-electron chi connectivity index (χ2n) is 5.62. The number of aromatic amines is 1. The molecule has 122 valence electrons. The molecule has 3 rings (SSSR count). The number of fused-ring (bicyclic) bond motifs is 1. The largest absolute Gasteiger partial charge is 0.482 e. The third-order valence-corrected chi connectivity index (χ3v) is 4.00. The number of aliphatic carboxylic acids is 1. The van der Waals surface area contributed by atoms with Crippen LogP contribution in [0.4, 0.5) is 13.2 Å². The van der Waals surface area contributed by atoms with E-state index in [9.17, 15) is 18.0 Å². The van der Waals surface area contributed by atoms with Gasteiger partial charge in [-0.15, -0.1) is 0 Å². The zero-order valence-electron chi connectivity index (χ0n) is 12.8. The van der Waals surface area contributed by atoms with Crippen molar-refractivity contribution in [1.29, 1.82) is 0 Å². The number of carboxylic acid groups (broad SMARTS) is 1. The number of carboxylic acids is 1. The molecule has 0 aliphatic carbocycles. The lowest BCUT2D eigenvalue weighted by atomic mass is 9.63. The monoisotopic (exact) mass is 339 g/mol. The zero-order valence-corrected chi connectivity index (χ0v) is 12.8. The van der Waals surface area contributed by atoms with Crippen LogP contribution < -0.4 is 0 Å². The van der Waals surface area contributed by atoms with Crippen LogP contribution in [0.3, 0.4) is 0 Å². The Morgan fingerprint density at radius 3 is 2.28 bits per heavy atom. The first-order chi connectivity index (χ1) is 11.8. The number of carbonyl (C=O) groups is 1. The molecule has 0 saturated carbocycles. The fourth-order valence-electron chi connectivity index (χ4n) is 2.76. The summed E-state index contributed by atoms with van der Waals surface area (Å²) in [7, 11) is 11.6. The molecule has 0 bridgehead atoms. The van der Waals surface area contributed by atoms with Crippen LogP contribution in [0.25, 0.3) is 22.2 Å². The fourth-order valence-corrected chi connectivity index (χ4v) is 2.76. The zero-order chi connectivity index (χ0) is 18.3. The Morgan fingerprint density at radius 2 is 1.68 bits per heavy atom. The van der Waals surface area contributed by atoms with Gasteiger partial charge in [-0.25, -0.2) is 13.2 Å². The van der Waals surface area contributed by atoms with E-state index in [1.54, 1.807) is 0 Å². The van der Waals surface area contributed by atoms with Crippen molar-refractivity contribution in [3.63, 3.8) is 0 Å². The van der Waals surface area contributed by atoms with Crippen LogP contribution in [-0.4, -0.2) is 31.8 Å². The van der Waals surface area contributed by atoms with E-state index in [0.717, 1.165) is 6.07 Å². The Labute approximate surface area is 143 Å². The average Bonchev–Trinajstić information content (AvgIpc) is 2.93. The molecule has 0 saturated heterocycles. The third kappa shape index (κ3) is 3.04. The molecule has 0 fully saturated rings.